The number of nitrogens with zero attached hydrogens (tertiary/aromatic N) is 1. The van der Waals surface area contributed by atoms with Gasteiger partial charge in [0.05, 0.1) is 31.2 Å². The van der Waals surface area contributed by atoms with E-state index in [-0.39, 0.29) is 25.4 Å². The van der Waals surface area contributed by atoms with Crippen LogP contribution in [0.2, 0.25) is 0 Å². The zero-order valence-electron chi connectivity index (χ0n) is 18.6. The molecule has 3 unspecified atom stereocenters. The van der Waals surface area contributed by atoms with Crippen molar-refractivity contribution in [1.29, 1.82) is 0 Å². The molecule has 1 aromatic carbocycles. The summed E-state index contributed by atoms with van der Waals surface area (Å²) < 4.78 is 5.66. The van der Waals surface area contributed by atoms with Crippen molar-refractivity contribution in [3.63, 3.8) is 0 Å². The number of nitrogens with one attached hydrogen (secondary N) is 2. The Hall–Kier alpha value is -2.98. The predicted octanol–water partition coefficient (Wildman–Crippen LogP) is -0.729. The quantitative estimate of drug-likeness (QED) is 0.409. The highest BCUT2D eigenvalue weighted by atomic mass is 16.5. The molecule has 0 aliphatic carbocycles. The Labute approximate surface area is 192 Å². The van der Waals surface area contributed by atoms with E-state index < -0.39 is 35.9 Å². The molecular weight excluding hydrogens is 428 g/mol. The van der Waals surface area contributed by atoms with E-state index in [0.29, 0.717) is 31.7 Å². The molecule has 0 radical (unpaired) electrons. The molecule has 1 saturated heterocycles. The maximum absolute atomic E-state index is 13.0. The van der Waals surface area contributed by atoms with Crippen LogP contribution in [0.3, 0.4) is 0 Å². The first-order valence-corrected chi connectivity index (χ1v) is 11.3. The third-order valence-electron chi connectivity index (χ3n) is 6.04. The third kappa shape index (κ3) is 7.26. The number of carbonyl (C=O) groups is 4. The van der Waals surface area contributed by atoms with Gasteiger partial charge in [-0.25, -0.2) is 0 Å². The van der Waals surface area contributed by atoms with Gasteiger partial charge in [0.25, 0.3) is 0 Å². The summed E-state index contributed by atoms with van der Waals surface area (Å²) in [5, 5.41) is 16.4. The average Bonchev–Trinajstić information content (AvgIpc) is 3.22. The van der Waals surface area contributed by atoms with E-state index >= 15 is 0 Å². The van der Waals surface area contributed by atoms with E-state index in [2.05, 4.69) is 10.6 Å². The highest BCUT2D eigenvalue weighted by Crippen LogP contribution is 2.19. The molecule has 1 aromatic rings. The molecule has 1 fully saturated rings. The van der Waals surface area contributed by atoms with Crippen LogP contribution in [0.4, 0.5) is 0 Å². The molecule has 10 heteroatoms. The van der Waals surface area contributed by atoms with Crippen LogP contribution in [-0.2, 0) is 25.6 Å². The van der Waals surface area contributed by atoms with Crippen LogP contribution in [0.25, 0.3) is 0 Å². The predicted molar refractivity (Wildman–Crippen MR) is 119 cm³/mol. The monoisotopic (exact) mass is 460 g/mol. The Balaban J connectivity index is 1.82. The van der Waals surface area contributed by atoms with E-state index in [4.69, 9.17) is 10.5 Å². The number of aldehydes is 1. The maximum Gasteiger partial charge on any atom is 0.243 e. The fraction of sp³-hybridized carbons (Fsp3) is 0.565. The van der Waals surface area contributed by atoms with Gasteiger partial charge in [-0.05, 0) is 49.9 Å². The number of likely N-dealkylation sites (tertiary alicyclic amines) is 1. The number of aliphatic hydroxyl groups excluding tert-OH is 1. The van der Waals surface area contributed by atoms with Crippen molar-refractivity contribution in [3.8, 4) is 5.75 Å². The lowest BCUT2D eigenvalue weighted by atomic mass is 9.99. The topological polar surface area (TPSA) is 151 Å². The standard InChI is InChI=1S/C23H32N4O6/c24-21(30)12-19-23(32)26-18(20(29)13-27-9-1-3-16(27)14-28)11-15-5-7-17(8-6-15)33-10-2-4-22(31)25-19/h5-8,14,16,18-20,29H,1-4,9-13H2,(H2,24,30)(H,25,31)(H,26,32)/t16-,18?,19?,20?/m1/s1. The molecule has 10 nitrogen and oxygen atoms in total. The summed E-state index contributed by atoms with van der Waals surface area (Å²) in [6, 6.07) is 5.21. The van der Waals surface area contributed by atoms with E-state index in [1.54, 1.807) is 12.1 Å². The normalized spacial score (nSPS) is 25.8. The molecule has 3 aliphatic heterocycles. The van der Waals surface area contributed by atoms with Gasteiger partial charge in [0, 0.05) is 13.0 Å². The van der Waals surface area contributed by atoms with Crippen LogP contribution < -0.4 is 21.1 Å². The van der Waals surface area contributed by atoms with Gasteiger partial charge in [-0.3, -0.25) is 19.3 Å². The minimum atomic E-state index is -1.15. The molecule has 4 atom stereocenters. The molecule has 2 bridgehead atoms. The zero-order valence-corrected chi connectivity index (χ0v) is 18.6. The first-order valence-electron chi connectivity index (χ1n) is 11.3. The Bertz CT molecular complexity index is 846. The number of β-amino-alcohol motifs (C(OH)–C–C–N with tert-alkyl or cyclic N) is 1. The Kier molecular flexibility index (Phi) is 8.79. The summed E-state index contributed by atoms with van der Waals surface area (Å²) in [5.74, 6) is -1.06. The number of amides is 3. The lowest BCUT2D eigenvalue weighted by Crippen LogP contribution is -2.56. The number of fused-ring (bicyclic) bond motifs is 12. The number of primary amides is 1. The van der Waals surface area contributed by atoms with Crippen molar-refractivity contribution in [2.45, 2.75) is 62.8 Å². The van der Waals surface area contributed by atoms with Gasteiger partial charge in [0.2, 0.25) is 17.7 Å². The van der Waals surface area contributed by atoms with E-state index in [9.17, 15) is 24.3 Å². The average molecular weight is 461 g/mol. The van der Waals surface area contributed by atoms with Gasteiger partial charge in [-0.2, -0.15) is 0 Å². The SMILES string of the molecule is NC(=O)CC1NC(=O)CCCOc2ccc(cc2)CC(C(O)CN2CCC[C@@H]2C=O)NC1=O. The van der Waals surface area contributed by atoms with Gasteiger partial charge in [0.15, 0.2) is 0 Å². The minimum Gasteiger partial charge on any atom is -0.494 e. The number of aliphatic hydroxyl groups is 1. The zero-order chi connectivity index (χ0) is 23.8. The molecule has 3 aliphatic rings. The minimum absolute atomic E-state index is 0.120. The highest BCUT2D eigenvalue weighted by Gasteiger charge is 2.32. The van der Waals surface area contributed by atoms with Crippen molar-refractivity contribution in [1.82, 2.24) is 15.5 Å². The van der Waals surface area contributed by atoms with Crippen LogP contribution in [-0.4, -0.2) is 77.9 Å². The molecule has 0 spiro atoms. The Morgan fingerprint density at radius 2 is 2.00 bits per heavy atom. The summed E-state index contributed by atoms with van der Waals surface area (Å²) in [4.78, 5) is 50.1. The third-order valence-corrected chi connectivity index (χ3v) is 6.04. The van der Waals surface area contributed by atoms with Crippen LogP contribution >= 0.6 is 0 Å². The lowest BCUT2D eigenvalue weighted by Gasteiger charge is -2.30. The number of benzene rings is 1. The van der Waals surface area contributed by atoms with Crippen LogP contribution in [0.1, 0.15) is 37.7 Å². The fourth-order valence-electron chi connectivity index (χ4n) is 4.24. The van der Waals surface area contributed by atoms with Crippen LogP contribution in [0, 0.1) is 0 Å². The molecule has 5 N–H and O–H groups in total. The van der Waals surface area contributed by atoms with Crippen LogP contribution in [0.5, 0.6) is 5.75 Å². The van der Waals surface area contributed by atoms with Crippen molar-refractivity contribution in [3.05, 3.63) is 29.8 Å². The number of hydrogen-bond acceptors (Lipinski definition) is 7. The number of carbonyl (C=O) groups excluding carboxylic acids is 4. The lowest BCUT2D eigenvalue weighted by molar-refractivity contribution is -0.132. The van der Waals surface area contributed by atoms with E-state index in [1.807, 2.05) is 17.0 Å². The first-order chi connectivity index (χ1) is 15.9. The van der Waals surface area contributed by atoms with Crippen LogP contribution in [0.15, 0.2) is 24.3 Å². The first kappa shape index (κ1) is 24.7. The van der Waals surface area contributed by atoms with Gasteiger partial charge in [-0.1, -0.05) is 12.1 Å². The second kappa shape index (κ2) is 11.8. The second-order valence-corrected chi connectivity index (χ2v) is 8.61. The maximum atomic E-state index is 13.0. The smallest absolute Gasteiger partial charge is 0.243 e. The molecule has 3 heterocycles. The van der Waals surface area contributed by atoms with Crippen molar-refractivity contribution < 1.29 is 29.0 Å². The highest BCUT2D eigenvalue weighted by molar-refractivity contribution is 5.91. The molecular formula is C23H32N4O6. The van der Waals surface area contributed by atoms with Gasteiger partial charge < -0.3 is 31.0 Å². The summed E-state index contributed by atoms with van der Waals surface area (Å²) in [5.41, 5.74) is 6.16. The Morgan fingerprint density at radius 3 is 2.70 bits per heavy atom. The fourth-order valence-corrected chi connectivity index (χ4v) is 4.24. The summed E-state index contributed by atoms with van der Waals surface area (Å²) in [6.07, 6.45) is 2.01. The van der Waals surface area contributed by atoms with Gasteiger partial charge >= 0.3 is 0 Å². The van der Waals surface area contributed by atoms with Gasteiger partial charge in [0.1, 0.15) is 18.1 Å². The number of ether oxygens (including phenoxy) is 1. The van der Waals surface area contributed by atoms with E-state index in [1.165, 1.54) is 0 Å². The molecule has 33 heavy (non-hydrogen) atoms. The van der Waals surface area contributed by atoms with Crippen molar-refractivity contribution in [2.24, 2.45) is 5.73 Å². The van der Waals surface area contributed by atoms with Gasteiger partial charge in [-0.15, -0.1) is 0 Å². The Morgan fingerprint density at radius 1 is 1.24 bits per heavy atom. The summed E-state index contributed by atoms with van der Waals surface area (Å²) in [7, 11) is 0. The molecule has 3 amide bonds. The summed E-state index contributed by atoms with van der Waals surface area (Å²) >= 11 is 0. The largest absolute Gasteiger partial charge is 0.494 e. The van der Waals surface area contributed by atoms with Crippen molar-refractivity contribution >= 4 is 24.0 Å². The molecule has 4 rings (SSSR count). The van der Waals surface area contributed by atoms with Crippen molar-refractivity contribution in [2.75, 3.05) is 19.7 Å². The second-order valence-electron chi connectivity index (χ2n) is 8.61. The number of hydrogen-bond donors (Lipinski definition) is 4. The molecule has 0 saturated carbocycles. The number of rotatable bonds is 6. The number of nitrogens with two attached hydrogens (primary N) is 1. The van der Waals surface area contributed by atoms with E-state index in [0.717, 1.165) is 24.7 Å². The summed E-state index contributed by atoms with van der Waals surface area (Å²) in [6.45, 7) is 1.23. The molecule has 0 aromatic heterocycles. The molecule has 180 valence electrons.